The average molecular weight is 764 g/mol. The standard InChI is InChI=1S/C24H19Cl2FN7.Hs/c1-3-19(15-9-7-14(2)8-10-15)33-34-24-31-22(21-17(25)5-4-6-18(21)27)30-23(32-24)29-16-11-12-20(26)28-13-16;/h4-13H,1,3H2,2H3,(H2,29,30,31,32,34);/q-1;/b33-19+;. The van der Waals surface area contributed by atoms with E-state index in [1.165, 1.54) is 18.3 Å². The third-order valence-electron chi connectivity index (χ3n) is 4.72. The normalized spacial score (nSPS) is 11.1. The van der Waals surface area contributed by atoms with E-state index in [1.54, 1.807) is 18.2 Å². The fourth-order valence-electron chi connectivity index (χ4n) is 3.01. The van der Waals surface area contributed by atoms with Crippen molar-refractivity contribution < 1.29 is 4.39 Å². The van der Waals surface area contributed by atoms with Crippen LogP contribution in [0.15, 0.2) is 65.9 Å². The zero-order valence-corrected chi connectivity index (χ0v) is 26.8. The zero-order valence-electron chi connectivity index (χ0n) is 18.8. The Bertz CT molecular complexity index is 1310. The van der Waals surface area contributed by atoms with Crippen molar-refractivity contribution in [2.24, 2.45) is 5.10 Å². The summed E-state index contributed by atoms with van der Waals surface area (Å²) in [5, 5.41) is 7.94. The van der Waals surface area contributed by atoms with Gasteiger partial charge in [0.25, 0.3) is 0 Å². The van der Waals surface area contributed by atoms with Crippen LogP contribution in [-0.2, 0) is 0 Å². The molecule has 0 atom stereocenters. The largest absolute Gasteiger partial charge is 0.337 e. The molecule has 0 unspecified atom stereocenters. The van der Waals surface area contributed by atoms with E-state index in [-0.39, 0.29) is 28.3 Å². The predicted molar refractivity (Wildman–Crippen MR) is 134 cm³/mol. The van der Waals surface area contributed by atoms with Gasteiger partial charge in [0.05, 0.1) is 22.5 Å². The first-order valence-corrected chi connectivity index (χ1v) is 11.0. The molecule has 0 spiro atoms. The number of hydrogen-bond donors (Lipinski definition) is 2. The van der Waals surface area contributed by atoms with E-state index in [1.807, 2.05) is 31.2 Å². The zero-order chi connectivity index (χ0) is 24.1. The molecule has 2 aromatic carbocycles. The quantitative estimate of drug-likeness (QED) is 0.0972. The van der Waals surface area contributed by atoms with Crippen LogP contribution in [0.4, 0.5) is 22.0 Å². The maximum Gasteiger partial charge on any atom is 0.248 e. The average Bonchev–Trinajstić information content (AvgIpc) is 2.82. The van der Waals surface area contributed by atoms with Crippen molar-refractivity contribution in [3.05, 3.63) is 94.8 Å². The monoisotopic (exact) mass is 763 g/mol. The van der Waals surface area contributed by atoms with E-state index in [2.05, 4.69) is 42.7 Å². The molecule has 0 aliphatic heterocycles. The van der Waals surface area contributed by atoms with Crippen LogP contribution in [0.5, 0.6) is 0 Å². The summed E-state index contributed by atoms with van der Waals surface area (Å²) in [6.45, 7) is 5.95. The minimum atomic E-state index is -0.564. The molecule has 0 saturated carbocycles. The van der Waals surface area contributed by atoms with Gasteiger partial charge >= 0.3 is 0 Å². The van der Waals surface area contributed by atoms with Crippen LogP contribution in [0.1, 0.15) is 17.5 Å². The second-order valence-corrected chi connectivity index (χ2v) is 7.98. The Morgan fingerprint density at radius 2 is 1.74 bits per heavy atom. The summed E-state index contributed by atoms with van der Waals surface area (Å²) in [6, 6.07) is 15.6. The Labute approximate surface area is 206 Å². The number of hydrazone groups is 1. The number of benzene rings is 2. The van der Waals surface area contributed by atoms with Crippen molar-refractivity contribution in [3.63, 3.8) is 0 Å². The first-order chi connectivity index (χ1) is 16.4. The molecule has 11 heteroatoms. The first-order valence-electron chi connectivity index (χ1n) is 10.2. The number of halogens is 3. The van der Waals surface area contributed by atoms with Crippen LogP contribution in [0, 0.1) is 19.7 Å². The van der Waals surface area contributed by atoms with Gasteiger partial charge in [0.2, 0.25) is 11.9 Å². The molecule has 7 nitrogen and oxygen atoms in total. The molecule has 2 aromatic heterocycles. The number of rotatable bonds is 7. The van der Waals surface area contributed by atoms with Crippen molar-refractivity contribution in [2.75, 3.05) is 10.7 Å². The van der Waals surface area contributed by atoms with Gasteiger partial charge < -0.3 is 12.2 Å². The summed E-state index contributed by atoms with van der Waals surface area (Å²) in [4.78, 5) is 17.0. The van der Waals surface area contributed by atoms with Gasteiger partial charge in [0, 0.05) is 5.71 Å². The molecule has 2 N–H and O–H groups in total. The maximum atomic E-state index is 14.6. The van der Waals surface area contributed by atoms with E-state index in [9.17, 15) is 4.39 Å². The predicted octanol–water partition coefficient (Wildman–Crippen LogP) is 6.47. The topological polar surface area (TPSA) is 88.0 Å². The minimum Gasteiger partial charge on any atom is -0.337 e. The number of aryl methyl sites for hydroxylation is 1. The molecule has 2 heterocycles. The summed E-state index contributed by atoms with van der Waals surface area (Å²) in [7, 11) is 0. The van der Waals surface area contributed by atoms with Gasteiger partial charge in [-0.05, 0) is 36.8 Å². The van der Waals surface area contributed by atoms with E-state index in [4.69, 9.17) is 23.2 Å². The third kappa shape index (κ3) is 6.04. The Kier molecular flexibility index (Phi) is 7.86. The van der Waals surface area contributed by atoms with Crippen LogP contribution in [0.25, 0.3) is 11.4 Å². The maximum absolute atomic E-state index is 14.6. The number of pyridine rings is 1. The molecule has 0 aliphatic rings. The molecule has 174 valence electrons. The van der Waals surface area contributed by atoms with Crippen LogP contribution in [0.2, 0.25) is 10.2 Å². The van der Waals surface area contributed by atoms with Crippen molar-refractivity contribution in [1.82, 2.24) is 19.9 Å². The molecule has 0 bridgehead atoms. The van der Waals surface area contributed by atoms with E-state index >= 15 is 0 Å². The molecule has 4 aromatic rings. The molecular weight excluding hydrogens is 745 g/mol. The summed E-state index contributed by atoms with van der Waals surface area (Å²) in [5.41, 5.74) is 6.20. The molecule has 0 saturated heterocycles. The Morgan fingerprint density at radius 1 is 1.00 bits per heavy atom. The molecule has 0 amide bonds. The first kappa shape index (κ1) is 25.0. The fraction of sp³-hybridized carbons (Fsp3) is 0.0833. The second kappa shape index (κ2) is 11.0. The van der Waals surface area contributed by atoms with Crippen LogP contribution in [0.3, 0.4) is 0 Å². The molecule has 35 heavy (non-hydrogen) atoms. The fourth-order valence-corrected chi connectivity index (χ4v) is 3.37. The van der Waals surface area contributed by atoms with Crippen molar-refractivity contribution >= 4 is 46.5 Å². The van der Waals surface area contributed by atoms with E-state index < -0.39 is 5.82 Å². The Balaban J connectivity index is 0.00000342. The van der Waals surface area contributed by atoms with Gasteiger partial charge in [-0.15, -0.1) is 6.42 Å². The number of aromatic nitrogens is 4. The molecule has 0 radical (unpaired) electrons. The van der Waals surface area contributed by atoms with Gasteiger partial charge in [-0.3, -0.25) is 0 Å². The van der Waals surface area contributed by atoms with Crippen LogP contribution < -0.4 is 10.7 Å². The number of nitrogens with zero attached hydrogens (tertiary/aromatic N) is 5. The van der Waals surface area contributed by atoms with Crippen LogP contribution >= 0.6 is 23.2 Å². The summed E-state index contributed by atoms with van der Waals surface area (Å²) < 4.78 is 14.6. The Hall–Kier alpha value is -4.62. The molecular formula is C24H19Cl2FHsN7-. The van der Waals surface area contributed by atoms with Crippen molar-refractivity contribution in [3.8, 4) is 11.4 Å². The van der Waals surface area contributed by atoms with Crippen molar-refractivity contribution in [2.45, 2.75) is 13.3 Å². The summed E-state index contributed by atoms with van der Waals surface area (Å²) >= 11 is 12.1. The van der Waals surface area contributed by atoms with E-state index in [0.29, 0.717) is 23.0 Å². The summed E-state index contributed by atoms with van der Waals surface area (Å²) in [6.07, 6.45) is 1.94. The third-order valence-corrected chi connectivity index (χ3v) is 5.26. The minimum absolute atomic E-state index is 0. The smallest absolute Gasteiger partial charge is 0.248 e. The molecule has 0 fully saturated rings. The number of nitrogens with one attached hydrogen (secondary N) is 2. The van der Waals surface area contributed by atoms with Gasteiger partial charge in [-0.25, -0.2) is 14.8 Å². The molecule has 0 aliphatic carbocycles. The number of hydrogen-bond acceptors (Lipinski definition) is 7. The van der Waals surface area contributed by atoms with E-state index in [0.717, 1.165) is 11.1 Å². The van der Waals surface area contributed by atoms with Gasteiger partial charge in [0.15, 0.2) is 5.82 Å². The number of anilines is 3. The van der Waals surface area contributed by atoms with Gasteiger partial charge in [0.1, 0.15) is 11.0 Å². The van der Waals surface area contributed by atoms with Crippen molar-refractivity contribution in [1.29, 1.82) is 0 Å². The summed E-state index contributed by atoms with van der Waals surface area (Å²) in [5.74, 6) is -0.304. The van der Waals surface area contributed by atoms with Gasteiger partial charge in [-0.2, -0.15) is 20.1 Å². The Morgan fingerprint density at radius 3 is 2.40 bits per heavy atom. The second-order valence-electron chi connectivity index (χ2n) is 7.18. The SMILES string of the molecule is [CH2-]C/C(=N\Nc1nc(Nc2ccc(Cl)nc2)nc(-c2c(F)cccc2Cl)n1)c1ccc(C)cc1.[Hs]. The molecule has 4 rings (SSSR count). The van der Waals surface area contributed by atoms with Crippen LogP contribution in [-0.4, -0.2) is 25.6 Å². The van der Waals surface area contributed by atoms with Gasteiger partial charge in [-0.1, -0.05) is 59.1 Å².